The standard InChI is InChI=1S/C26H21BrN2O5/c27-23-9-2-1-8-21(23)24(30)28-16-5-3-6-17(13-16)34-18-10-11-20-22(14-18)26(32)29(25(20)31)15-19-7-4-12-33-19/h1-3,5-6,8-11,13-14,19H,4,7,12,15H2,(H,28,30). The Morgan fingerprint density at radius 3 is 2.59 bits per heavy atom. The molecular weight excluding hydrogens is 500 g/mol. The quantitative estimate of drug-likeness (QED) is 0.447. The van der Waals surface area contributed by atoms with Crippen molar-refractivity contribution in [3.8, 4) is 11.5 Å². The molecule has 3 aromatic carbocycles. The van der Waals surface area contributed by atoms with Gasteiger partial charge in [0.25, 0.3) is 17.7 Å². The third-order valence-corrected chi connectivity index (χ3v) is 6.49. The molecule has 2 aliphatic rings. The number of fused-ring (bicyclic) bond motifs is 1. The van der Waals surface area contributed by atoms with Gasteiger partial charge in [0.1, 0.15) is 11.5 Å². The van der Waals surface area contributed by atoms with Gasteiger partial charge in [0.15, 0.2) is 0 Å². The van der Waals surface area contributed by atoms with E-state index in [1.807, 2.05) is 6.07 Å². The Morgan fingerprint density at radius 2 is 1.79 bits per heavy atom. The number of amides is 3. The van der Waals surface area contributed by atoms with Crippen LogP contribution < -0.4 is 10.1 Å². The summed E-state index contributed by atoms with van der Waals surface area (Å²) in [5.41, 5.74) is 1.76. The SMILES string of the molecule is O=C(Nc1cccc(Oc2ccc3c(c2)C(=O)N(CC2CCCO2)C3=O)c1)c1ccccc1Br. The fraction of sp³-hybridized carbons (Fsp3) is 0.192. The number of carbonyl (C=O) groups is 3. The summed E-state index contributed by atoms with van der Waals surface area (Å²) in [4.78, 5) is 39.4. The predicted octanol–water partition coefficient (Wildman–Crippen LogP) is 5.27. The van der Waals surface area contributed by atoms with Crippen molar-refractivity contribution in [1.82, 2.24) is 4.90 Å². The Labute approximate surface area is 204 Å². The summed E-state index contributed by atoms with van der Waals surface area (Å²) < 4.78 is 12.2. The summed E-state index contributed by atoms with van der Waals surface area (Å²) in [6.45, 7) is 0.926. The summed E-state index contributed by atoms with van der Waals surface area (Å²) >= 11 is 3.38. The topological polar surface area (TPSA) is 84.9 Å². The van der Waals surface area contributed by atoms with Crippen LogP contribution in [0.1, 0.15) is 43.9 Å². The van der Waals surface area contributed by atoms with Crippen LogP contribution in [0.4, 0.5) is 5.69 Å². The molecule has 1 atom stereocenters. The predicted molar refractivity (Wildman–Crippen MR) is 129 cm³/mol. The molecule has 1 saturated heterocycles. The van der Waals surface area contributed by atoms with Crippen molar-refractivity contribution in [1.29, 1.82) is 0 Å². The van der Waals surface area contributed by atoms with E-state index in [-0.39, 0.29) is 30.4 Å². The van der Waals surface area contributed by atoms with Crippen LogP contribution >= 0.6 is 15.9 Å². The molecule has 5 rings (SSSR count). The first-order valence-corrected chi connectivity index (χ1v) is 11.7. The maximum atomic E-state index is 12.9. The molecule has 0 saturated carbocycles. The zero-order valence-electron chi connectivity index (χ0n) is 18.1. The Hall–Kier alpha value is -3.49. The molecule has 1 N–H and O–H groups in total. The van der Waals surface area contributed by atoms with Gasteiger partial charge < -0.3 is 14.8 Å². The molecule has 1 unspecified atom stereocenters. The van der Waals surface area contributed by atoms with E-state index < -0.39 is 0 Å². The first-order chi connectivity index (χ1) is 16.5. The number of hydrogen-bond acceptors (Lipinski definition) is 5. The van der Waals surface area contributed by atoms with Crippen molar-refractivity contribution < 1.29 is 23.9 Å². The second-order valence-corrected chi connectivity index (χ2v) is 8.98. The molecule has 7 nitrogen and oxygen atoms in total. The fourth-order valence-corrected chi connectivity index (χ4v) is 4.57. The van der Waals surface area contributed by atoms with Crippen LogP contribution in [0.3, 0.4) is 0 Å². The number of benzene rings is 3. The molecule has 0 aromatic heterocycles. The molecule has 2 heterocycles. The van der Waals surface area contributed by atoms with Crippen molar-refractivity contribution in [2.24, 2.45) is 0 Å². The fourth-order valence-electron chi connectivity index (χ4n) is 4.11. The van der Waals surface area contributed by atoms with Gasteiger partial charge in [-0.25, -0.2) is 0 Å². The minimum atomic E-state index is -0.338. The Morgan fingerprint density at radius 1 is 1.00 bits per heavy atom. The average Bonchev–Trinajstić information content (AvgIpc) is 3.42. The third kappa shape index (κ3) is 4.47. The number of nitrogens with zero attached hydrogens (tertiary/aromatic N) is 1. The van der Waals surface area contributed by atoms with E-state index in [0.717, 1.165) is 12.8 Å². The number of nitrogens with one attached hydrogen (secondary N) is 1. The van der Waals surface area contributed by atoms with Gasteiger partial charge in [0.2, 0.25) is 0 Å². The lowest BCUT2D eigenvalue weighted by molar-refractivity contribution is 0.0475. The summed E-state index contributed by atoms with van der Waals surface area (Å²) in [6, 6.07) is 19.0. The molecule has 8 heteroatoms. The second-order valence-electron chi connectivity index (χ2n) is 8.13. The lowest BCUT2D eigenvalue weighted by Crippen LogP contribution is -2.36. The van der Waals surface area contributed by atoms with Crippen molar-refractivity contribution >= 4 is 39.3 Å². The number of halogens is 1. The van der Waals surface area contributed by atoms with Crippen LogP contribution in [0.2, 0.25) is 0 Å². The maximum absolute atomic E-state index is 12.9. The number of hydrogen-bond donors (Lipinski definition) is 1. The first kappa shape index (κ1) is 22.3. The van der Waals surface area contributed by atoms with Gasteiger partial charge in [-0.15, -0.1) is 0 Å². The molecule has 1 fully saturated rings. The summed E-state index contributed by atoms with van der Waals surface area (Å²) in [6.07, 6.45) is 1.68. The minimum Gasteiger partial charge on any atom is -0.457 e. The van der Waals surface area contributed by atoms with Crippen molar-refractivity contribution in [3.63, 3.8) is 0 Å². The number of rotatable bonds is 6. The van der Waals surface area contributed by atoms with E-state index in [1.54, 1.807) is 60.7 Å². The normalized spacial score (nSPS) is 17.1. The van der Waals surface area contributed by atoms with E-state index >= 15 is 0 Å². The molecule has 0 radical (unpaired) electrons. The molecule has 3 aromatic rings. The van der Waals surface area contributed by atoms with Crippen molar-refractivity contribution in [2.75, 3.05) is 18.5 Å². The van der Waals surface area contributed by atoms with Crippen LogP contribution in [0.5, 0.6) is 11.5 Å². The van der Waals surface area contributed by atoms with Crippen LogP contribution in [-0.2, 0) is 4.74 Å². The Bertz CT molecular complexity index is 1290. The van der Waals surface area contributed by atoms with Crippen LogP contribution in [0.25, 0.3) is 0 Å². The number of ether oxygens (including phenoxy) is 2. The molecule has 3 amide bonds. The van der Waals surface area contributed by atoms with E-state index in [9.17, 15) is 14.4 Å². The van der Waals surface area contributed by atoms with Gasteiger partial charge >= 0.3 is 0 Å². The zero-order chi connectivity index (χ0) is 23.7. The highest BCUT2D eigenvalue weighted by molar-refractivity contribution is 9.10. The molecule has 0 bridgehead atoms. The van der Waals surface area contributed by atoms with Gasteiger partial charge in [-0.3, -0.25) is 19.3 Å². The van der Waals surface area contributed by atoms with E-state index in [4.69, 9.17) is 9.47 Å². The van der Waals surface area contributed by atoms with Gasteiger partial charge in [-0.05, 0) is 71.2 Å². The van der Waals surface area contributed by atoms with Crippen molar-refractivity contribution in [3.05, 3.63) is 87.9 Å². The van der Waals surface area contributed by atoms with Gasteiger partial charge in [0, 0.05) is 22.8 Å². The highest BCUT2D eigenvalue weighted by Gasteiger charge is 2.37. The monoisotopic (exact) mass is 520 g/mol. The minimum absolute atomic E-state index is 0.104. The molecule has 0 spiro atoms. The van der Waals surface area contributed by atoms with Gasteiger partial charge in [0.05, 0.1) is 29.3 Å². The number of imide groups is 1. The summed E-state index contributed by atoms with van der Waals surface area (Å²) in [7, 11) is 0. The number of carbonyl (C=O) groups excluding carboxylic acids is 3. The van der Waals surface area contributed by atoms with E-state index in [2.05, 4.69) is 21.2 Å². The largest absolute Gasteiger partial charge is 0.457 e. The number of anilines is 1. The highest BCUT2D eigenvalue weighted by Crippen LogP contribution is 2.31. The Kier molecular flexibility index (Phi) is 6.17. The van der Waals surface area contributed by atoms with Gasteiger partial charge in [-0.1, -0.05) is 18.2 Å². The third-order valence-electron chi connectivity index (χ3n) is 5.80. The Balaban J connectivity index is 1.30. The highest BCUT2D eigenvalue weighted by atomic mass is 79.9. The molecule has 172 valence electrons. The average molecular weight is 521 g/mol. The van der Waals surface area contributed by atoms with Crippen molar-refractivity contribution in [2.45, 2.75) is 18.9 Å². The van der Waals surface area contributed by atoms with E-state index in [1.165, 1.54) is 4.90 Å². The molecular formula is C26H21BrN2O5. The van der Waals surface area contributed by atoms with E-state index in [0.29, 0.717) is 45.0 Å². The molecule has 34 heavy (non-hydrogen) atoms. The zero-order valence-corrected chi connectivity index (χ0v) is 19.7. The van der Waals surface area contributed by atoms with Crippen LogP contribution in [0, 0.1) is 0 Å². The molecule has 0 aliphatic carbocycles. The maximum Gasteiger partial charge on any atom is 0.261 e. The summed E-state index contributed by atoms with van der Waals surface area (Å²) in [5.74, 6) is 0.0119. The lowest BCUT2D eigenvalue weighted by Gasteiger charge is -2.17. The second kappa shape index (κ2) is 9.40. The molecule has 2 aliphatic heterocycles. The van der Waals surface area contributed by atoms with Crippen LogP contribution in [-0.4, -0.2) is 41.9 Å². The first-order valence-electron chi connectivity index (χ1n) is 11.0. The lowest BCUT2D eigenvalue weighted by atomic mass is 10.1. The van der Waals surface area contributed by atoms with Crippen LogP contribution in [0.15, 0.2) is 71.2 Å². The summed E-state index contributed by atoms with van der Waals surface area (Å²) in [5, 5.41) is 2.85. The van der Waals surface area contributed by atoms with Gasteiger partial charge in [-0.2, -0.15) is 0 Å². The smallest absolute Gasteiger partial charge is 0.261 e.